The highest BCUT2D eigenvalue weighted by molar-refractivity contribution is 9.10. The molecule has 1 aromatic rings. The molecular formula is C13H18BrNS. The van der Waals surface area contributed by atoms with Crippen molar-refractivity contribution in [3.63, 3.8) is 0 Å². The van der Waals surface area contributed by atoms with E-state index in [9.17, 15) is 0 Å². The summed E-state index contributed by atoms with van der Waals surface area (Å²) in [5.41, 5.74) is 1.40. The van der Waals surface area contributed by atoms with Crippen LogP contribution in [0.3, 0.4) is 0 Å². The van der Waals surface area contributed by atoms with Gasteiger partial charge in [-0.25, -0.2) is 0 Å². The molecule has 0 aliphatic carbocycles. The van der Waals surface area contributed by atoms with Crippen molar-refractivity contribution in [2.45, 2.75) is 31.7 Å². The van der Waals surface area contributed by atoms with Crippen molar-refractivity contribution in [1.82, 2.24) is 4.90 Å². The maximum atomic E-state index is 3.53. The Hall–Kier alpha value is 0.01000. The van der Waals surface area contributed by atoms with Gasteiger partial charge in [-0.1, -0.05) is 35.0 Å². The molecule has 1 aromatic carbocycles. The van der Waals surface area contributed by atoms with Crippen LogP contribution in [0.4, 0.5) is 0 Å². The highest BCUT2D eigenvalue weighted by atomic mass is 79.9. The van der Waals surface area contributed by atoms with Crippen molar-refractivity contribution >= 4 is 27.7 Å². The normalized spacial score (nSPS) is 26.9. The zero-order chi connectivity index (χ0) is 11.5. The summed E-state index contributed by atoms with van der Waals surface area (Å²) >= 11 is 5.62. The molecule has 2 unspecified atom stereocenters. The summed E-state index contributed by atoms with van der Waals surface area (Å²) in [7, 11) is 0. The summed E-state index contributed by atoms with van der Waals surface area (Å²) in [6.45, 7) is 6.96. The Morgan fingerprint density at radius 2 is 2.25 bits per heavy atom. The molecule has 88 valence electrons. The number of rotatable bonds is 2. The van der Waals surface area contributed by atoms with Gasteiger partial charge in [-0.05, 0) is 24.6 Å². The molecule has 0 amide bonds. The van der Waals surface area contributed by atoms with Crippen molar-refractivity contribution in [3.8, 4) is 0 Å². The molecule has 0 N–H and O–H groups in total. The number of benzene rings is 1. The fourth-order valence-corrected chi connectivity index (χ4v) is 3.70. The van der Waals surface area contributed by atoms with Crippen LogP contribution in [-0.2, 0) is 6.54 Å². The minimum atomic E-state index is 0.678. The Labute approximate surface area is 111 Å². The van der Waals surface area contributed by atoms with Gasteiger partial charge in [0, 0.05) is 34.6 Å². The lowest BCUT2D eigenvalue weighted by Gasteiger charge is -2.37. The molecule has 2 rings (SSSR count). The molecule has 0 aromatic heterocycles. The van der Waals surface area contributed by atoms with E-state index in [2.05, 4.69) is 70.7 Å². The quantitative estimate of drug-likeness (QED) is 0.818. The van der Waals surface area contributed by atoms with E-state index < -0.39 is 0 Å². The van der Waals surface area contributed by atoms with Crippen molar-refractivity contribution in [1.29, 1.82) is 0 Å². The van der Waals surface area contributed by atoms with Crippen LogP contribution >= 0.6 is 27.7 Å². The second-order valence-corrected chi connectivity index (χ2v) is 6.82. The lowest BCUT2D eigenvalue weighted by Crippen LogP contribution is -2.43. The van der Waals surface area contributed by atoms with Gasteiger partial charge in [-0.2, -0.15) is 11.8 Å². The Bertz CT molecular complexity index is 356. The zero-order valence-electron chi connectivity index (χ0n) is 9.82. The molecule has 1 aliphatic heterocycles. The molecule has 0 bridgehead atoms. The van der Waals surface area contributed by atoms with Gasteiger partial charge in [0.15, 0.2) is 0 Å². The molecule has 16 heavy (non-hydrogen) atoms. The van der Waals surface area contributed by atoms with Crippen molar-refractivity contribution in [2.75, 3.05) is 12.3 Å². The zero-order valence-corrected chi connectivity index (χ0v) is 12.2. The monoisotopic (exact) mass is 299 g/mol. The molecule has 1 saturated heterocycles. The summed E-state index contributed by atoms with van der Waals surface area (Å²) in [5.74, 6) is 1.26. The van der Waals surface area contributed by atoms with E-state index in [4.69, 9.17) is 0 Å². The molecule has 0 spiro atoms. The van der Waals surface area contributed by atoms with Gasteiger partial charge >= 0.3 is 0 Å². The topological polar surface area (TPSA) is 3.24 Å². The van der Waals surface area contributed by atoms with E-state index in [-0.39, 0.29) is 0 Å². The van der Waals surface area contributed by atoms with E-state index in [1.165, 1.54) is 22.3 Å². The average molecular weight is 300 g/mol. The van der Waals surface area contributed by atoms with Crippen molar-refractivity contribution in [2.24, 2.45) is 0 Å². The lowest BCUT2D eigenvalue weighted by atomic mass is 10.1. The van der Waals surface area contributed by atoms with Crippen LogP contribution in [0.1, 0.15) is 19.4 Å². The molecule has 2 atom stereocenters. The van der Waals surface area contributed by atoms with Gasteiger partial charge in [-0.3, -0.25) is 4.90 Å². The molecule has 3 heteroatoms. The van der Waals surface area contributed by atoms with Crippen LogP contribution in [-0.4, -0.2) is 28.5 Å². The first-order valence-electron chi connectivity index (χ1n) is 5.77. The Balaban J connectivity index is 2.03. The summed E-state index contributed by atoms with van der Waals surface area (Å²) in [6.07, 6.45) is 0. The Morgan fingerprint density at radius 3 is 3.00 bits per heavy atom. The predicted molar refractivity (Wildman–Crippen MR) is 75.9 cm³/mol. The SMILES string of the molecule is CC1SCCN(Cc2cccc(Br)c2)C1C. The van der Waals surface area contributed by atoms with Crippen molar-refractivity contribution < 1.29 is 0 Å². The highest BCUT2D eigenvalue weighted by Crippen LogP contribution is 2.26. The number of thioether (sulfide) groups is 1. The predicted octanol–water partition coefficient (Wildman–Crippen LogP) is 3.77. The third-order valence-electron chi connectivity index (χ3n) is 3.29. The van der Waals surface area contributed by atoms with Gasteiger partial charge in [0.1, 0.15) is 0 Å². The first-order chi connectivity index (χ1) is 7.66. The molecule has 0 saturated carbocycles. The standard InChI is InChI=1S/C13H18BrNS/c1-10-11(2)16-7-6-15(10)9-12-4-3-5-13(14)8-12/h3-5,8,10-11H,6-7,9H2,1-2H3. The Morgan fingerprint density at radius 1 is 1.44 bits per heavy atom. The van der Waals surface area contributed by atoms with E-state index in [1.807, 2.05) is 0 Å². The van der Waals surface area contributed by atoms with Gasteiger partial charge in [0.05, 0.1) is 0 Å². The van der Waals surface area contributed by atoms with Crippen LogP contribution in [0.2, 0.25) is 0 Å². The number of halogens is 1. The van der Waals surface area contributed by atoms with Gasteiger partial charge in [-0.15, -0.1) is 0 Å². The fourth-order valence-electron chi connectivity index (χ4n) is 2.09. The van der Waals surface area contributed by atoms with Crippen LogP contribution in [0, 0.1) is 0 Å². The second kappa shape index (κ2) is 5.56. The third-order valence-corrected chi connectivity index (χ3v) is 5.12. The minimum Gasteiger partial charge on any atom is -0.295 e. The highest BCUT2D eigenvalue weighted by Gasteiger charge is 2.24. The van der Waals surface area contributed by atoms with Gasteiger partial charge < -0.3 is 0 Å². The molecular weight excluding hydrogens is 282 g/mol. The summed E-state index contributed by atoms with van der Waals surface area (Å²) in [6, 6.07) is 9.31. The molecule has 1 heterocycles. The second-order valence-electron chi connectivity index (χ2n) is 4.42. The molecule has 1 fully saturated rings. The van der Waals surface area contributed by atoms with Crippen LogP contribution in [0.5, 0.6) is 0 Å². The third kappa shape index (κ3) is 3.02. The Kier molecular flexibility index (Phi) is 4.34. The fraction of sp³-hybridized carbons (Fsp3) is 0.538. The minimum absolute atomic E-state index is 0.678. The number of hydrogen-bond acceptors (Lipinski definition) is 2. The van der Waals surface area contributed by atoms with Crippen LogP contribution < -0.4 is 0 Å². The van der Waals surface area contributed by atoms with E-state index >= 15 is 0 Å². The van der Waals surface area contributed by atoms with E-state index in [0.717, 1.165) is 11.8 Å². The van der Waals surface area contributed by atoms with Crippen LogP contribution in [0.25, 0.3) is 0 Å². The largest absolute Gasteiger partial charge is 0.295 e. The summed E-state index contributed by atoms with van der Waals surface area (Å²) in [5, 5.41) is 0.751. The first-order valence-corrected chi connectivity index (χ1v) is 7.61. The lowest BCUT2D eigenvalue weighted by molar-refractivity contribution is 0.204. The summed E-state index contributed by atoms with van der Waals surface area (Å²) in [4.78, 5) is 2.59. The molecule has 1 nitrogen and oxygen atoms in total. The number of hydrogen-bond donors (Lipinski definition) is 0. The first kappa shape index (κ1) is 12.5. The number of nitrogens with zero attached hydrogens (tertiary/aromatic N) is 1. The average Bonchev–Trinajstić information content (AvgIpc) is 2.25. The molecule has 0 radical (unpaired) electrons. The van der Waals surface area contributed by atoms with Crippen LogP contribution in [0.15, 0.2) is 28.7 Å². The summed E-state index contributed by atoms with van der Waals surface area (Å²) < 4.78 is 1.18. The van der Waals surface area contributed by atoms with E-state index in [0.29, 0.717) is 6.04 Å². The van der Waals surface area contributed by atoms with Gasteiger partial charge in [0.25, 0.3) is 0 Å². The van der Waals surface area contributed by atoms with Crippen molar-refractivity contribution in [3.05, 3.63) is 34.3 Å². The van der Waals surface area contributed by atoms with Gasteiger partial charge in [0.2, 0.25) is 0 Å². The molecule has 1 aliphatic rings. The maximum absolute atomic E-state index is 3.53. The smallest absolute Gasteiger partial charge is 0.0237 e. The van der Waals surface area contributed by atoms with E-state index in [1.54, 1.807) is 0 Å². The maximum Gasteiger partial charge on any atom is 0.0237 e.